The third-order valence-electron chi connectivity index (χ3n) is 5.25. The van der Waals surface area contributed by atoms with Gasteiger partial charge in [-0.15, -0.1) is 0 Å². The first-order valence-corrected chi connectivity index (χ1v) is 10.3. The van der Waals surface area contributed by atoms with Gasteiger partial charge in [0.15, 0.2) is 0 Å². The van der Waals surface area contributed by atoms with E-state index in [9.17, 15) is 18.0 Å². The molecule has 1 fully saturated rings. The minimum Gasteiger partial charge on any atom is -0.491 e. The fraction of sp³-hybridized carbons (Fsp3) is 0.409. The second-order valence-electron chi connectivity index (χ2n) is 7.59. The molecule has 0 bridgehead atoms. The predicted molar refractivity (Wildman–Crippen MR) is 115 cm³/mol. The number of carbonyl (C=O) groups is 1. The summed E-state index contributed by atoms with van der Waals surface area (Å²) in [4.78, 5) is 17.4. The van der Waals surface area contributed by atoms with Gasteiger partial charge in [-0.1, -0.05) is 23.7 Å². The summed E-state index contributed by atoms with van der Waals surface area (Å²) in [7, 11) is 2.09. The Bertz CT molecular complexity index is 929. The van der Waals surface area contributed by atoms with Crippen molar-refractivity contribution < 1.29 is 22.7 Å². The number of likely N-dealkylation sites (N-methyl/N-ethyl adjacent to an activating group) is 1. The van der Waals surface area contributed by atoms with E-state index in [-0.39, 0.29) is 5.69 Å². The van der Waals surface area contributed by atoms with Gasteiger partial charge in [0.2, 0.25) is 0 Å². The van der Waals surface area contributed by atoms with Crippen LogP contribution in [-0.4, -0.2) is 62.1 Å². The Balaban J connectivity index is 1.70. The predicted octanol–water partition coefficient (Wildman–Crippen LogP) is 4.55. The number of anilines is 1. The highest BCUT2D eigenvalue weighted by atomic mass is 35.5. The van der Waals surface area contributed by atoms with Gasteiger partial charge in [-0.05, 0) is 43.8 Å². The molecule has 1 saturated heterocycles. The van der Waals surface area contributed by atoms with Crippen molar-refractivity contribution >= 4 is 23.2 Å². The smallest absolute Gasteiger partial charge is 0.417 e. The Morgan fingerprint density at radius 2 is 1.87 bits per heavy atom. The SMILES string of the molecule is Cc1cccc(OCCN2CCN(C)CC2)c1C(=O)Nc1ccc(Cl)c(C(F)(F)F)c1. The van der Waals surface area contributed by atoms with Gasteiger partial charge in [-0.2, -0.15) is 13.2 Å². The van der Waals surface area contributed by atoms with Gasteiger partial charge in [0.25, 0.3) is 5.91 Å². The molecule has 0 spiro atoms. The first-order chi connectivity index (χ1) is 14.6. The van der Waals surface area contributed by atoms with Gasteiger partial charge in [0, 0.05) is 38.4 Å². The summed E-state index contributed by atoms with van der Waals surface area (Å²) in [5.41, 5.74) is -0.0299. The van der Waals surface area contributed by atoms with Crippen LogP contribution in [0.2, 0.25) is 5.02 Å². The average Bonchev–Trinajstić information content (AvgIpc) is 2.70. The van der Waals surface area contributed by atoms with E-state index in [1.807, 2.05) is 0 Å². The summed E-state index contributed by atoms with van der Waals surface area (Å²) in [6.45, 7) is 6.81. The lowest BCUT2D eigenvalue weighted by Gasteiger charge is -2.32. The molecule has 1 heterocycles. The van der Waals surface area contributed by atoms with E-state index in [1.54, 1.807) is 25.1 Å². The molecule has 9 heteroatoms. The van der Waals surface area contributed by atoms with Crippen LogP contribution in [0, 0.1) is 6.92 Å². The first kappa shape index (κ1) is 23.4. The van der Waals surface area contributed by atoms with E-state index in [1.165, 1.54) is 6.07 Å². The second kappa shape index (κ2) is 9.89. The van der Waals surface area contributed by atoms with Crippen LogP contribution in [0.15, 0.2) is 36.4 Å². The topological polar surface area (TPSA) is 44.8 Å². The first-order valence-electron chi connectivity index (χ1n) is 9.96. The lowest BCUT2D eigenvalue weighted by molar-refractivity contribution is -0.137. The molecule has 5 nitrogen and oxygen atoms in total. The molecule has 0 unspecified atom stereocenters. The quantitative estimate of drug-likeness (QED) is 0.694. The van der Waals surface area contributed by atoms with Crippen molar-refractivity contribution in [2.45, 2.75) is 13.1 Å². The van der Waals surface area contributed by atoms with Crippen molar-refractivity contribution in [3.63, 3.8) is 0 Å². The van der Waals surface area contributed by atoms with Crippen molar-refractivity contribution in [2.75, 3.05) is 51.7 Å². The maximum absolute atomic E-state index is 13.1. The normalized spacial score (nSPS) is 15.7. The van der Waals surface area contributed by atoms with Gasteiger partial charge in [-0.25, -0.2) is 0 Å². The molecule has 1 amide bonds. The number of piperazine rings is 1. The van der Waals surface area contributed by atoms with E-state index in [2.05, 4.69) is 22.2 Å². The minimum atomic E-state index is -4.61. The zero-order chi connectivity index (χ0) is 22.6. The summed E-state index contributed by atoms with van der Waals surface area (Å²) in [6.07, 6.45) is -4.61. The monoisotopic (exact) mass is 455 g/mol. The van der Waals surface area contributed by atoms with Gasteiger partial charge >= 0.3 is 6.18 Å². The third-order valence-corrected chi connectivity index (χ3v) is 5.58. The van der Waals surface area contributed by atoms with Crippen LogP contribution < -0.4 is 10.1 Å². The van der Waals surface area contributed by atoms with Crippen LogP contribution >= 0.6 is 11.6 Å². The Kier molecular flexibility index (Phi) is 7.46. The molecule has 1 aliphatic heterocycles. The number of nitrogens with one attached hydrogen (secondary N) is 1. The lowest BCUT2D eigenvalue weighted by Crippen LogP contribution is -2.45. The number of alkyl halides is 3. The standard InChI is InChI=1S/C22H25ClF3N3O2/c1-15-4-3-5-19(31-13-12-29-10-8-28(2)9-11-29)20(15)21(30)27-16-6-7-18(23)17(14-16)22(24,25)26/h3-7,14H,8-13H2,1-2H3,(H,27,30). The fourth-order valence-corrected chi connectivity index (χ4v) is 3.65. The van der Waals surface area contributed by atoms with Crippen molar-refractivity contribution in [3.8, 4) is 5.75 Å². The lowest BCUT2D eigenvalue weighted by atomic mass is 10.1. The van der Waals surface area contributed by atoms with Crippen LogP contribution in [0.3, 0.4) is 0 Å². The maximum atomic E-state index is 13.1. The van der Waals surface area contributed by atoms with Gasteiger partial charge < -0.3 is 15.0 Å². The zero-order valence-corrected chi connectivity index (χ0v) is 18.2. The summed E-state index contributed by atoms with van der Waals surface area (Å²) in [5.74, 6) is -0.139. The summed E-state index contributed by atoms with van der Waals surface area (Å²) in [6, 6.07) is 8.50. The molecule has 1 N–H and O–H groups in total. The van der Waals surface area contributed by atoms with Crippen LogP contribution in [0.4, 0.5) is 18.9 Å². The molecule has 2 aromatic rings. The highest BCUT2D eigenvalue weighted by molar-refractivity contribution is 6.31. The van der Waals surface area contributed by atoms with Crippen LogP contribution in [0.1, 0.15) is 21.5 Å². The average molecular weight is 456 g/mol. The number of halogens is 4. The van der Waals surface area contributed by atoms with E-state index in [0.717, 1.165) is 44.9 Å². The highest BCUT2D eigenvalue weighted by Gasteiger charge is 2.33. The molecule has 31 heavy (non-hydrogen) atoms. The molecule has 0 aromatic heterocycles. The number of aryl methyl sites for hydroxylation is 1. The van der Waals surface area contributed by atoms with E-state index >= 15 is 0 Å². The Morgan fingerprint density at radius 1 is 1.16 bits per heavy atom. The molecule has 3 rings (SSSR count). The number of amides is 1. The molecule has 0 saturated carbocycles. The van der Waals surface area contributed by atoms with Crippen LogP contribution in [-0.2, 0) is 6.18 Å². The molecule has 2 aromatic carbocycles. The summed E-state index contributed by atoms with van der Waals surface area (Å²) < 4.78 is 45.2. The summed E-state index contributed by atoms with van der Waals surface area (Å²) >= 11 is 5.65. The summed E-state index contributed by atoms with van der Waals surface area (Å²) in [5, 5.41) is 2.11. The van der Waals surface area contributed by atoms with E-state index in [4.69, 9.17) is 16.3 Å². The minimum absolute atomic E-state index is 0.00775. The molecular weight excluding hydrogens is 431 g/mol. The fourth-order valence-electron chi connectivity index (χ4n) is 3.42. The van der Waals surface area contributed by atoms with Crippen molar-refractivity contribution in [3.05, 3.63) is 58.1 Å². The number of rotatable bonds is 6. The van der Waals surface area contributed by atoms with Crippen LogP contribution in [0.5, 0.6) is 5.75 Å². The number of hydrogen-bond donors (Lipinski definition) is 1. The number of benzene rings is 2. The van der Waals surface area contributed by atoms with Crippen molar-refractivity contribution in [1.29, 1.82) is 0 Å². The Morgan fingerprint density at radius 3 is 2.55 bits per heavy atom. The highest BCUT2D eigenvalue weighted by Crippen LogP contribution is 2.36. The van der Waals surface area contributed by atoms with Crippen LogP contribution in [0.25, 0.3) is 0 Å². The molecule has 0 radical (unpaired) electrons. The number of nitrogens with zero attached hydrogens (tertiary/aromatic N) is 2. The van der Waals surface area contributed by atoms with Gasteiger partial charge in [0.05, 0.1) is 16.1 Å². The number of hydrogen-bond acceptors (Lipinski definition) is 4. The number of ether oxygens (including phenoxy) is 1. The largest absolute Gasteiger partial charge is 0.491 e. The third kappa shape index (κ3) is 6.12. The molecule has 168 valence electrons. The van der Waals surface area contributed by atoms with Crippen molar-refractivity contribution in [1.82, 2.24) is 9.80 Å². The second-order valence-corrected chi connectivity index (χ2v) is 8.00. The van der Waals surface area contributed by atoms with E-state index < -0.39 is 22.7 Å². The Labute approximate surface area is 184 Å². The van der Waals surface area contributed by atoms with Crippen molar-refractivity contribution in [2.24, 2.45) is 0 Å². The molecule has 0 atom stereocenters. The molecular formula is C22H25ClF3N3O2. The maximum Gasteiger partial charge on any atom is 0.417 e. The van der Waals surface area contributed by atoms with E-state index in [0.29, 0.717) is 23.5 Å². The van der Waals surface area contributed by atoms with Gasteiger partial charge in [-0.3, -0.25) is 9.69 Å². The molecule has 0 aliphatic carbocycles. The zero-order valence-electron chi connectivity index (χ0n) is 17.4. The van der Waals surface area contributed by atoms with Gasteiger partial charge in [0.1, 0.15) is 12.4 Å². The molecule has 1 aliphatic rings. The number of carbonyl (C=O) groups excluding carboxylic acids is 1. The Hall–Kier alpha value is -2.29.